The Morgan fingerprint density at radius 3 is 2.90 bits per heavy atom. The van der Waals surface area contributed by atoms with Crippen molar-refractivity contribution in [2.45, 2.75) is 45.8 Å². The van der Waals surface area contributed by atoms with E-state index in [0.717, 1.165) is 30.8 Å². The average molecular weight is 293 g/mol. The van der Waals surface area contributed by atoms with Crippen molar-refractivity contribution in [3.8, 4) is 0 Å². The summed E-state index contributed by atoms with van der Waals surface area (Å²) in [6, 6.07) is 5.46. The molecule has 116 valence electrons. The smallest absolute Gasteiger partial charge is 0.217 e. The summed E-state index contributed by atoms with van der Waals surface area (Å²) in [5, 5.41) is 6.29. The van der Waals surface area contributed by atoms with Crippen LogP contribution in [0.15, 0.2) is 18.2 Å². The summed E-state index contributed by atoms with van der Waals surface area (Å²) in [5.74, 6) is -0.209. The molecule has 0 saturated carbocycles. The van der Waals surface area contributed by atoms with Crippen LogP contribution in [0.3, 0.4) is 0 Å². The predicted molar refractivity (Wildman–Crippen MR) is 82.8 cm³/mol. The van der Waals surface area contributed by atoms with Gasteiger partial charge in [0.15, 0.2) is 0 Å². The van der Waals surface area contributed by atoms with Crippen LogP contribution in [-0.4, -0.2) is 31.1 Å². The first-order chi connectivity index (χ1) is 9.95. The van der Waals surface area contributed by atoms with Crippen molar-refractivity contribution < 1.29 is 9.18 Å². The summed E-state index contributed by atoms with van der Waals surface area (Å²) in [6.07, 6.45) is 0.925. The Labute approximate surface area is 125 Å². The molecule has 1 saturated heterocycles. The minimum atomic E-state index is -0.211. The Bertz CT molecular complexity index is 504. The summed E-state index contributed by atoms with van der Waals surface area (Å²) < 4.78 is 13.5. The molecule has 2 N–H and O–H groups in total. The van der Waals surface area contributed by atoms with Gasteiger partial charge in [0, 0.05) is 44.3 Å². The van der Waals surface area contributed by atoms with E-state index in [2.05, 4.69) is 29.4 Å². The van der Waals surface area contributed by atoms with E-state index in [-0.39, 0.29) is 17.8 Å². The van der Waals surface area contributed by atoms with Crippen LogP contribution in [-0.2, 0) is 11.3 Å². The number of amides is 1. The van der Waals surface area contributed by atoms with Crippen LogP contribution in [0.4, 0.5) is 10.1 Å². The number of anilines is 1. The maximum absolute atomic E-state index is 13.5. The van der Waals surface area contributed by atoms with Gasteiger partial charge in [0.2, 0.25) is 5.91 Å². The number of hydrogen-bond acceptors (Lipinski definition) is 3. The normalized spacial score (nSPS) is 18.3. The Morgan fingerprint density at radius 2 is 2.24 bits per heavy atom. The van der Waals surface area contributed by atoms with Crippen molar-refractivity contribution in [1.82, 2.24) is 10.6 Å². The molecule has 0 spiro atoms. The van der Waals surface area contributed by atoms with Gasteiger partial charge in [-0.15, -0.1) is 0 Å². The van der Waals surface area contributed by atoms with Crippen molar-refractivity contribution in [2.24, 2.45) is 0 Å². The third-order valence-corrected chi connectivity index (χ3v) is 3.68. The molecule has 5 heteroatoms. The fraction of sp³-hybridized carbons (Fsp3) is 0.562. The lowest BCUT2D eigenvalue weighted by Crippen LogP contribution is -2.35. The highest BCUT2D eigenvalue weighted by Gasteiger charge is 2.24. The Kier molecular flexibility index (Phi) is 5.17. The first kappa shape index (κ1) is 15.8. The van der Waals surface area contributed by atoms with Crippen molar-refractivity contribution >= 4 is 11.6 Å². The van der Waals surface area contributed by atoms with Crippen molar-refractivity contribution in [3.05, 3.63) is 29.6 Å². The molecule has 1 unspecified atom stereocenters. The zero-order chi connectivity index (χ0) is 15.4. The number of carbonyl (C=O) groups excluding carboxylic acids is 1. The van der Waals surface area contributed by atoms with Gasteiger partial charge in [-0.05, 0) is 30.2 Å². The Morgan fingerprint density at radius 1 is 1.48 bits per heavy atom. The van der Waals surface area contributed by atoms with Gasteiger partial charge in [-0.1, -0.05) is 13.8 Å². The van der Waals surface area contributed by atoms with Gasteiger partial charge in [0.05, 0.1) is 0 Å². The molecule has 1 fully saturated rings. The number of nitrogens with one attached hydrogen (secondary N) is 2. The molecular weight excluding hydrogens is 269 g/mol. The van der Waals surface area contributed by atoms with E-state index in [0.29, 0.717) is 12.6 Å². The lowest BCUT2D eigenvalue weighted by Gasteiger charge is -2.23. The van der Waals surface area contributed by atoms with E-state index in [1.54, 1.807) is 13.0 Å². The number of rotatable bonds is 5. The molecule has 1 atom stereocenters. The van der Waals surface area contributed by atoms with Crippen LogP contribution in [0, 0.1) is 5.82 Å². The molecular formula is C16H24FN3O. The first-order valence-corrected chi connectivity index (χ1v) is 7.49. The fourth-order valence-electron chi connectivity index (χ4n) is 2.70. The quantitative estimate of drug-likeness (QED) is 0.873. The van der Waals surface area contributed by atoms with Gasteiger partial charge >= 0.3 is 0 Å². The third kappa shape index (κ3) is 4.43. The first-order valence-electron chi connectivity index (χ1n) is 7.49. The van der Waals surface area contributed by atoms with E-state index in [4.69, 9.17) is 0 Å². The van der Waals surface area contributed by atoms with E-state index in [1.165, 1.54) is 6.07 Å². The molecule has 0 bridgehead atoms. The van der Waals surface area contributed by atoms with Gasteiger partial charge in [-0.3, -0.25) is 4.79 Å². The summed E-state index contributed by atoms with van der Waals surface area (Å²) >= 11 is 0. The van der Waals surface area contributed by atoms with Gasteiger partial charge in [0.1, 0.15) is 5.82 Å². The predicted octanol–water partition coefficient (Wildman–Crippen LogP) is 2.04. The second-order valence-electron chi connectivity index (χ2n) is 5.94. The third-order valence-electron chi connectivity index (χ3n) is 3.68. The van der Waals surface area contributed by atoms with Crippen LogP contribution in [0.5, 0.6) is 0 Å². The largest absolute Gasteiger partial charge is 0.369 e. The molecule has 0 aliphatic carbocycles. The zero-order valence-electron chi connectivity index (χ0n) is 12.9. The monoisotopic (exact) mass is 293 g/mol. The molecule has 1 aliphatic rings. The second kappa shape index (κ2) is 6.89. The van der Waals surface area contributed by atoms with Crippen LogP contribution < -0.4 is 15.5 Å². The maximum Gasteiger partial charge on any atom is 0.217 e. The van der Waals surface area contributed by atoms with Crippen LogP contribution >= 0.6 is 0 Å². The van der Waals surface area contributed by atoms with Gasteiger partial charge in [-0.25, -0.2) is 4.39 Å². The molecule has 1 aromatic rings. The number of hydrogen-bond donors (Lipinski definition) is 2. The minimum Gasteiger partial charge on any atom is -0.369 e. The number of carbonyl (C=O) groups is 1. The minimum absolute atomic E-state index is 0.00246. The van der Waals surface area contributed by atoms with E-state index in [1.807, 2.05) is 6.07 Å². The fourth-order valence-corrected chi connectivity index (χ4v) is 2.70. The molecule has 4 nitrogen and oxygen atoms in total. The highest BCUT2D eigenvalue weighted by Crippen LogP contribution is 2.25. The van der Waals surface area contributed by atoms with Crippen molar-refractivity contribution in [3.63, 3.8) is 0 Å². The molecule has 1 heterocycles. The number of benzene rings is 1. The number of halogens is 1. The van der Waals surface area contributed by atoms with Gasteiger partial charge < -0.3 is 15.5 Å². The molecule has 1 aliphatic heterocycles. The SMILES string of the molecule is CC(=O)NC1CCN(c2ccc(F)cc2CNC(C)C)C1. The number of nitrogens with zero attached hydrogens (tertiary/aromatic N) is 1. The van der Waals surface area contributed by atoms with Crippen LogP contribution in [0.1, 0.15) is 32.8 Å². The second-order valence-corrected chi connectivity index (χ2v) is 5.94. The highest BCUT2D eigenvalue weighted by atomic mass is 19.1. The average Bonchev–Trinajstić information content (AvgIpc) is 2.83. The molecule has 0 radical (unpaired) electrons. The Balaban J connectivity index is 2.10. The highest BCUT2D eigenvalue weighted by molar-refractivity contribution is 5.73. The molecule has 21 heavy (non-hydrogen) atoms. The summed E-state index contributed by atoms with van der Waals surface area (Å²) in [6.45, 7) is 7.99. The van der Waals surface area contributed by atoms with Crippen molar-refractivity contribution in [2.75, 3.05) is 18.0 Å². The van der Waals surface area contributed by atoms with Gasteiger partial charge in [-0.2, -0.15) is 0 Å². The maximum atomic E-state index is 13.5. The zero-order valence-corrected chi connectivity index (χ0v) is 12.9. The van der Waals surface area contributed by atoms with Crippen molar-refractivity contribution in [1.29, 1.82) is 0 Å². The summed E-state index contributed by atoms with van der Waals surface area (Å²) in [4.78, 5) is 13.4. The Hall–Kier alpha value is -1.62. The molecule has 1 aromatic carbocycles. The van der Waals surface area contributed by atoms with E-state index in [9.17, 15) is 9.18 Å². The summed E-state index contributed by atoms with van der Waals surface area (Å²) in [5.41, 5.74) is 2.02. The molecule has 1 amide bonds. The van der Waals surface area contributed by atoms with Gasteiger partial charge in [0.25, 0.3) is 0 Å². The lowest BCUT2D eigenvalue weighted by atomic mass is 10.1. The summed E-state index contributed by atoms with van der Waals surface area (Å²) in [7, 11) is 0. The standard InChI is InChI=1S/C16H24FN3O/c1-11(2)18-9-13-8-14(17)4-5-16(13)20-7-6-15(10-20)19-12(3)21/h4-5,8,11,15,18H,6-7,9-10H2,1-3H3,(H,19,21). The molecule has 0 aromatic heterocycles. The topological polar surface area (TPSA) is 44.4 Å². The van der Waals surface area contributed by atoms with E-state index >= 15 is 0 Å². The van der Waals surface area contributed by atoms with E-state index < -0.39 is 0 Å². The van der Waals surface area contributed by atoms with Crippen LogP contribution in [0.25, 0.3) is 0 Å². The molecule has 2 rings (SSSR count). The lowest BCUT2D eigenvalue weighted by molar-refractivity contribution is -0.119. The van der Waals surface area contributed by atoms with Crippen LogP contribution in [0.2, 0.25) is 0 Å².